The molecule has 3 aromatic carbocycles. The Morgan fingerprint density at radius 2 is 1.39 bits per heavy atom. The maximum absolute atomic E-state index is 11.9. The summed E-state index contributed by atoms with van der Waals surface area (Å²) in [4.78, 5) is 11.9. The molecule has 0 amide bonds. The van der Waals surface area contributed by atoms with Crippen molar-refractivity contribution >= 4 is 5.97 Å². The number of rotatable bonds is 11. The third-order valence-corrected chi connectivity index (χ3v) is 5.07. The van der Waals surface area contributed by atoms with Crippen molar-refractivity contribution in [3.05, 3.63) is 78.9 Å². The third-order valence-electron chi connectivity index (χ3n) is 5.07. The number of benzene rings is 3. The van der Waals surface area contributed by atoms with Crippen molar-refractivity contribution in [2.45, 2.75) is 26.7 Å². The number of esters is 1. The number of ether oxygens (including phenoxy) is 3. The Kier molecular flexibility index (Phi) is 8.68. The standard InChI is InChI=1S/C27H30O4/c1-3-11-21(2)27(28)31-20-29-18-19-30-26-24(22-12-6-4-7-13-22)16-10-17-25(26)23-14-8-5-9-15-23/h4-10,12-17,21H,3,11,18-20H2,1-2H3. The third kappa shape index (κ3) is 6.43. The highest BCUT2D eigenvalue weighted by Crippen LogP contribution is 2.38. The fourth-order valence-corrected chi connectivity index (χ4v) is 3.44. The summed E-state index contributed by atoms with van der Waals surface area (Å²) in [6.07, 6.45) is 1.77. The van der Waals surface area contributed by atoms with Crippen LogP contribution in [0.15, 0.2) is 78.9 Å². The molecule has 31 heavy (non-hydrogen) atoms. The van der Waals surface area contributed by atoms with Gasteiger partial charge < -0.3 is 14.2 Å². The molecule has 1 atom stereocenters. The predicted octanol–water partition coefficient (Wildman–Crippen LogP) is 6.35. The molecule has 162 valence electrons. The van der Waals surface area contributed by atoms with E-state index in [0.29, 0.717) is 13.2 Å². The molecule has 0 saturated carbocycles. The van der Waals surface area contributed by atoms with Gasteiger partial charge in [-0.25, -0.2) is 0 Å². The van der Waals surface area contributed by atoms with E-state index in [4.69, 9.17) is 14.2 Å². The van der Waals surface area contributed by atoms with Crippen molar-refractivity contribution < 1.29 is 19.0 Å². The number of para-hydroxylation sites is 1. The lowest BCUT2D eigenvalue weighted by Gasteiger charge is -2.17. The monoisotopic (exact) mass is 418 g/mol. The Labute approximate surface area is 184 Å². The SMILES string of the molecule is CCCC(C)C(=O)OCOCCOc1c(-c2ccccc2)cccc1-c1ccccc1. The van der Waals surface area contributed by atoms with Crippen LogP contribution in [0.25, 0.3) is 22.3 Å². The number of hydrogen-bond acceptors (Lipinski definition) is 4. The maximum Gasteiger partial charge on any atom is 0.310 e. The van der Waals surface area contributed by atoms with E-state index in [1.165, 1.54) is 0 Å². The van der Waals surface area contributed by atoms with Crippen molar-refractivity contribution in [3.8, 4) is 28.0 Å². The first kappa shape index (κ1) is 22.6. The number of carbonyl (C=O) groups excluding carboxylic acids is 1. The second-order valence-corrected chi connectivity index (χ2v) is 7.44. The second kappa shape index (κ2) is 11.9. The van der Waals surface area contributed by atoms with Crippen molar-refractivity contribution in [2.75, 3.05) is 20.0 Å². The smallest absolute Gasteiger partial charge is 0.310 e. The van der Waals surface area contributed by atoms with Crippen LogP contribution < -0.4 is 4.74 Å². The van der Waals surface area contributed by atoms with Crippen LogP contribution in [0.5, 0.6) is 5.75 Å². The second-order valence-electron chi connectivity index (χ2n) is 7.44. The number of hydrogen-bond donors (Lipinski definition) is 0. The summed E-state index contributed by atoms with van der Waals surface area (Å²) in [5, 5.41) is 0. The van der Waals surface area contributed by atoms with Crippen LogP contribution in [-0.2, 0) is 14.3 Å². The van der Waals surface area contributed by atoms with Gasteiger partial charge in [-0.15, -0.1) is 0 Å². The van der Waals surface area contributed by atoms with Crippen molar-refractivity contribution in [2.24, 2.45) is 5.92 Å². The predicted molar refractivity (Wildman–Crippen MR) is 124 cm³/mol. The Balaban J connectivity index is 1.66. The minimum absolute atomic E-state index is 0.0535. The van der Waals surface area contributed by atoms with Crippen LogP contribution in [0.2, 0.25) is 0 Å². The first-order valence-electron chi connectivity index (χ1n) is 10.8. The first-order valence-corrected chi connectivity index (χ1v) is 10.8. The maximum atomic E-state index is 11.9. The largest absolute Gasteiger partial charge is 0.490 e. The summed E-state index contributed by atoms with van der Waals surface area (Å²) in [5.41, 5.74) is 4.24. The van der Waals surface area contributed by atoms with E-state index in [1.807, 2.05) is 49.4 Å². The fourth-order valence-electron chi connectivity index (χ4n) is 3.44. The van der Waals surface area contributed by atoms with Crippen LogP contribution >= 0.6 is 0 Å². The first-order chi connectivity index (χ1) is 15.2. The van der Waals surface area contributed by atoms with Gasteiger partial charge >= 0.3 is 5.97 Å². The van der Waals surface area contributed by atoms with Gasteiger partial charge in [0.25, 0.3) is 0 Å². The van der Waals surface area contributed by atoms with Gasteiger partial charge in [-0.1, -0.05) is 99.1 Å². The summed E-state index contributed by atoms with van der Waals surface area (Å²) < 4.78 is 16.9. The lowest BCUT2D eigenvalue weighted by molar-refractivity contribution is -0.161. The normalized spacial score (nSPS) is 11.7. The molecule has 3 rings (SSSR count). The lowest BCUT2D eigenvalue weighted by Crippen LogP contribution is -2.18. The molecule has 0 aromatic heterocycles. The highest BCUT2D eigenvalue weighted by Gasteiger charge is 2.14. The van der Waals surface area contributed by atoms with Crippen LogP contribution in [-0.4, -0.2) is 26.0 Å². The van der Waals surface area contributed by atoms with Gasteiger partial charge in [0.15, 0.2) is 6.79 Å². The molecular weight excluding hydrogens is 388 g/mol. The molecule has 0 aliphatic heterocycles. The van der Waals surface area contributed by atoms with E-state index in [1.54, 1.807) is 0 Å². The molecule has 0 heterocycles. The highest BCUT2D eigenvalue weighted by molar-refractivity contribution is 5.82. The molecule has 0 fully saturated rings. The van der Waals surface area contributed by atoms with Crippen LogP contribution in [0.1, 0.15) is 26.7 Å². The molecule has 0 N–H and O–H groups in total. The van der Waals surface area contributed by atoms with Crippen LogP contribution in [0.4, 0.5) is 0 Å². The zero-order valence-electron chi connectivity index (χ0n) is 18.3. The van der Waals surface area contributed by atoms with E-state index in [-0.39, 0.29) is 18.7 Å². The van der Waals surface area contributed by atoms with Gasteiger partial charge in [0.2, 0.25) is 0 Å². The van der Waals surface area contributed by atoms with Gasteiger partial charge in [0.05, 0.1) is 12.5 Å². The summed E-state index contributed by atoms with van der Waals surface area (Å²) in [6, 6.07) is 26.6. The molecule has 0 aliphatic rings. The Bertz CT molecular complexity index is 880. The van der Waals surface area contributed by atoms with Gasteiger partial charge in [0.1, 0.15) is 12.4 Å². The molecule has 0 radical (unpaired) electrons. The molecule has 1 unspecified atom stereocenters. The van der Waals surface area contributed by atoms with E-state index in [2.05, 4.69) is 43.3 Å². The molecule has 4 heteroatoms. The van der Waals surface area contributed by atoms with Gasteiger partial charge in [-0.3, -0.25) is 4.79 Å². The zero-order chi connectivity index (χ0) is 21.9. The molecule has 0 aliphatic carbocycles. The minimum Gasteiger partial charge on any atom is -0.490 e. The van der Waals surface area contributed by atoms with E-state index in [0.717, 1.165) is 40.8 Å². The van der Waals surface area contributed by atoms with E-state index in [9.17, 15) is 4.79 Å². The highest BCUT2D eigenvalue weighted by atomic mass is 16.7. The van der Waals surface area contributed by atoms with E-state index >= 15 is 0 Å². The quantitative estimate of drug-likeness (QED) is 0.207. The average molecular weight is 419 g/mol. The topological polar surface area (TPSA) is 44.8 Å². The molecular formula is C27H30O4. The minimum atomic E-state index is -0.219. The molecule has 0 bridgehead atoms. The molecule has 3 aromatic rings. The molecule has 0 spiro atoms. The lowest BCUT2D eigenvalue weighted by atomic mass is 9.97. The van der Waals surface area contributed by atoms with Crippen molar-refractivity contribution in [1.82, 2.24) is 0 Å². The van der Waals surface area contributed by atoms with E-state index < -0.39 is 0 Å². The van der Waals surface area contributed by atoms with Gasteiger partial charge in [0, 0.05) is 11.1 Å². The summed E-state index contributed by atoms with van der Waals surface area (Å²) >= 11 is 0. The summed E-state index contributed by atoms with van der Waals surface area (Å²) in [5.74, 6) is 0.497. The van der Waals surface area contributed by atoms with Gasteiger partial charge in [-0.2, -0.15) is 0 Å². The zero-order valence-corrected chi connectivity index (χ0v) is 18.3. The fraction of sp³-hybridized carbons (Fsp3) is 0.296. The van der Waals surface area contributed by atoms with Crippen LogP contribution in [0.3, 0.4) is 0 Å². The average Bonchev–Trinajstić information content (AvgIpc) is 2.82. The van der Waals surface area contributed by atoms with Crippen molar-refractivity contribution in [3.63, 3.8) is 0 Å². The Hall–Kier alpha value is -3.11. The van der Waals surface area contributed by atoms with Gasteiger partial charge in [-0.05, 0) is 17.5 Å². The summed E-state index contributed by atoms with van der Waals surface area (Å²) in [7, 11) is 0. The van der Waals surface area contributed by atoms with Crippen LogP contribution in [0, 0.1) is 5.92 Å². The number of carbonyl (C=O) groups is 1. The Morgan fingerprint density at radius 3 is 1.94 bits per heavy atom. The molecule has 4 nitrogen and oxygen atoms in total. The van der Waals surface area contributed by atoms with Crippen molar-refractivity contribution in [1.29, 1.82) is 0 Å². The summed E-state index contributed by atoms with van der Waals surface area (Å²) in [6.45, 7) is 4.55. The Morgan fingerprint density at radius 1 is 0.806 bits per heavy atom. The molecule has 0 saturated heterocycles.